The average Bonchev–Trinajstić information content (AvgIpc) is 3.04. The van der Waals surface area contributed by atoms with E-state index in [9.17, 15) is 18.0 Å². The summed E-state index contributed by atoms with van der Waals surface area (Å²) in [6.07, 6.45) is -2.34. The Morgan fingerprint density at radius 1 is 1.34 bits per heavy atom. The number of aromatic nitrogens is 4. The Morgan fingerprint density at radius 2 is 2.03 bits per heavy atom. The molecule has 0 bridgehead atoms. The van der Waals surface area contributed by atoms with Crippen molar-refractivity contribution in [1.82, 2.24) is 24.9 Å². The Morgan fingerprint density at radius 3 is 2.59 bits per heavy atom. The fraction of sp³-hybridized carbons (Fsp3) is 0.471. The lowest BCUT2D eigenvalue weighted by atomic mass is 10.0. The zero-order valence-corrected chi connectivity index (χ0v) is 15.8. The molecule has 29 heavy (non-hydrogen) atoms. The predicted octanol–water partition coefficient (Wildman–Crippen LogP) is 1.16. The number of alkyl halides is 3. The minimum absolute atomic E-state index is 0.0389. The largest absolute Gasteiger partial charge is 0.490 e. The molecule has 1 unspecified atom stereocenters. The van der Waals surface area contributed by atoms with Gasteiger partial charge in [-0.2, -0.15) is 13.2 Å². The van der Waals surface area contributed by atoms with E-state index < -0.39 is 12.1 Å². The highest BCUT2D eigenvalue weighted by Crippen LogP contribution is 2.28. The normalized spacial score (nSPS) is 15.9. The number of ether oxygens (including phenoxy) is 1. The Labute approximate surface area is 164 Å². The molecule has 3 heterocycles. The number of hydrogen-bond donors (Lipinski definition) is 1. The van der Waals surface area contributed by atoms with Gasteiger partial charge in [0.25, 0.3) is 0 Å². The number of methoxy groups -OCH3 is 1. The first-order valence-electron chi connectivity index (χ1n) is 8.52. The van der Waals surface area contributed by atoms with Crippen molar-refractivity contribution in [3.63, 3.8) is 0 Å². The highest BCUT2D eigenvalue weighted by molar-refractivity contribution is 5.79. The summed E-state index contributed by atoms with van der Waals surface area (Å²) in [6.45, 7) is 1.06. The Kier molecular flexibility index (Phi) is 7.26. The minimum Gasteiger partial charge on any atom is -0.475 e. The van der Waals surface area contributed by atoms with Crippen molar-refractivity contribution in [2.45, 2.75) is 25.1 Å². The van der Waals surface area contributed by atoms with E-state index in [4.69, 9.17) is 14.6 Å². The first-order chi connectivity index (χ1) is 13.6. The molecular formula is C17H20F3N5O4. The van der Waals surface area contributed by atoms with E-state index in [-0.39, 0.29) is 18.4 Å². The number of hydrogen-bond acceptors (Lipinski definition) is 6. The third-order valence-corrected chi connectivity index (χ3v) is 4.20. The van der Waals surface area contributed by atoms with Gasteiger partial charge in [0, 0.05) is 39.0 Å². The van der Waals surface area contributed by atoms with Crippen molar-refractivity contribution in [3.8, 4) is 0 Å². The maximum absolute atomic E-state index is 12.6. The van der Waals surface area contributed by atoms with Crippen molar-refractivity contribution in [2.24, 2.45) is 7.05 Å². The second-order valence-corrected chi connectivity index (χ2v) is 6.15. The molecule has 0 radical (unpaired) electrons. The van der Waals surface area contributed by atoms with Crippen molar-refractivity contribution < 1.29 is 32.6 Å². The molecule has 12 heteroatoms. The Balaban J connectivity index is 0.000000370. The third kappa shape index (κ3) is 5.73. The lowest BCUT2D eigenvalue weighted by Gasteiger charge is -2.34. The minimum atomic E-state index is -5.08. The van der Waals surface area contributed by atoms with Crippen LogP contribution >= 0.6 is 0 Å². The van der Waals surface area contributed by atoms with Crippen LogP contribution in [0.5, 0.6) is 0 Å². The number of carbonyl (C=O) groups excluding carboxylic acids is 1. The van der Waals surface area contributed by atoms with Gasteiger partial charge in [0.2, 0.25) is 5.91 Å². The number of aliphatic carboxylic acids is 1. The van der Waals surface area contributed by atoms with E-state index in [0.717, 1.165) is 23.5 Å². The van der Waals surface area contributed by atoms with E-state index >= 15 is 0 Å². The molecule has 158 valence electrons. The SMILES string of the molecule is COCC1c2nnn(C)c2CCN1C(=O)Cc1ccccn1.O=C(O)C(F)(F)F. The summed E-state index contributed by atoms with van der Waals surface area (Å²) in [5.74, 6) is -2.72. The van der Waals surface area contributed by atoms with Crippen molar-refractivity contribution >= 4 is 11.9 Å². The number of nitrogens with zero attached hydrogens (tertiary/aromatic N) is 5. The summed E-state index contributed by atoms with van der Waals surface area (Å²) >= 11 is 0. The zero-order chi connectivity index (χ0) is 21.6. The smallest absolute Gasteiger partial charge is 0.475 e. The van der Waals surface area contributed by atoms with Gasteiger partial charge in [0.15, 0.2) is 0 Å². The number of rotatable bonds is 4. The molecule has 1 N–H and O–H groups in total. The van der Waals surface area contributed by atoms with Crippen LogP contribution in [0.4, 0.5) is 13.2 Å². The molecule has 3 rings (SSSR count). The number of aryl methyl sites for hydroxylation is 1. The lowest BCUT2D eigenvalue weighted by Crippen LogP contribution is -2.43. The number of carboxylic acid groups (broad SMARTS) is 1. The topological polar surface area (TPSA) is 110 Å². The fourth-order valence-electron chi connectivity index (χ4n) is 2.86. The molecule has 1 amide bonds. The molecule has 1 aliphatic rings. The van der Waals surface area contributed by atoms with Crippen LogP contribution in [0, 0.1) is 0 Å². The van der Waals surface area contributed by atoms with Crippen molar-refractivity contribution in [2.75, 3.05) is 20.3 Å². The van der Waals surface area contributed by atoms with Gasteiger partial charge in [0.1, 0.15) is 11.7 Å². The van der Waals surface area contributed by atoms with Crippen LogP contribution in [0.2, 0.25) is 0 Å². The molecule has 1 aliphatic heterocycles. The van der Waals surface area contributed by atoms with E-state index in [1.165, 1.54) is 0 Å². The standard InChI is InChI=1S/C15H19N5O2.C2HF3O2/c1-19-12-6-8-20(13(10-22-2)15(12)17-18-19)14(21)9-11-5-3-4-7-16-11;3-2(4,5)1(6)7/h3-5,7,13H,6,8-10H2,1-2H3;(H,6,7). The molecule has 0 spiro atoms. The zero-order valence-electron chi connectivity index (χ0n) is 15.8. The fourth-order valence-corrected chi connectivity index (χ4v) is 2.86. The van der Waals surface area contributed by atoms with Crippen LogP contribution < -0.4 is 0 Å². The number of carboxylic acids is 1. The Hall–Kier alpha value is -3.02. The summed E-state index contributed by atoms with van der Waals surface area (Å²) in [7, 11) is 3.51. The van der Waals surface area contributed by atoms with Crippen LogP contribution in [0.1, 0.15) is 23.1 Å². The highest BCUT2D eigenvalue weighted by Gasteiger charge is 2.38. The maximum Gasteiger partial charge on any atom is 0.490 e. The lowest BCUT2D eigenvalue weighted by molar-refractivity contribution is -0.192. The van der Waals surface area contributed by atoms with Crippen molar-refractivity contribution in [3.05, 3.63) is 41.5 Å². The number of amides is 1. The first-order valence-corrected chi connectivity index (χ1v) is 8.52. The van der Waals surface area contributed by atoms with Crippen LogP contribution in [0.15, 0.2) is 24.4 Å². The van der Waals surface area contributed by atoms with Gasteiger partial charge in [0.05, 0.1) is 18.7 Å². The molecule has 0 saturated heterocycles. The summed E-state index contributed by atoms with van der Waals surface area (Å²) in [4.78, 5) is 27.6. The molecular weight excluding hydrogens is 395 g/mol. The van der Waals surface area contributed by atoms with Gasteiger partial charge in [-0.15, -0.1) is 5.10 Å². The van der Waals surface area contributed by atoms with Crippen LogP contribution in [-0.4, -0.2) is 68.3 Å². The van der Waals surface area contributed by atoms with Gasteiger partial charge in [-0.1, -0.05) is 11.3 Å². The molecule has 0 aromatic carbocycles. The molecule has 2 aromatic heterocycles. The first kappa shape index (κ1) is 22.3. The van der Waals surface area contributed by atoms with Crippen LogP contribution in [-0.2, 0) is 34.2 Å². The van der Waals surface area contributed by atoms with Gasteiger partial charge in [-0.3, -0.25) is 14.5 Å². The molecule has 1 atom stereocenters. The molecule has 0 aliphatic carbocycles. The second kappa shape index (κ2) is 9.45. The molecule has 0 saturated carbocycles. The summed E-state index contributed by atoms with van der Waals surface area (Å²) in [5, 5.41) is 15.4. The summed E-state index contributed by atoms with van der Waals surface area (Å²) in [5.41, 5.74) is 2.68. The number of halogens is 3. The quantitative estimate of drug-likeness (QED) is 0.798. The van der Waals surface area contributed by atoms with Crippen LogP contribution in [0.3, 0.4) is 0 Å². The average molecular weight is 415 g/mol. The summed E-state index contributed by atoms with van der Waals surface area (Å²) < 4.78 is 38.8. The molecule has 0 fully saturated rings. The van der Waals surface area contributed by atoms with Crippen molar-refractivity contribution in [1.29, 1.82) is 0 Å². The van der Waals surface area contributed by atoms with E-state index in [0.29, 0.717) is 13.2 Å². The summed E-state index contributed by atoms with van der Waals surface area (Å²) in [6, 6.07) is 5.41. The number of fused-ring (bicyclic) bond motifs is 1. The van der Waals surface area contributed by atoms with E-state index in [1.54, 1.807) is 18.0 Å². The third-order valence-electron chi connectivity index (χ3n) is 4.20. The monoisotopic (exact) mass is 415 g/mol. The maximum atomic E-state index is 12.6. The van der Waals surface area contributed by atoms with Gasteiger partial charge < -0.3 is 14.7 Å². The molecule has 2 aromatic rings. The highest BCUT2D eigenvalue weighted by atomic mass is 19.4. The number of pyridine rings is 1. The van der Waals surface area contributed by atoms with Crippen LogP contribution in [0.25, 0.3) is 0 Å². The second-order valence-electron chi connectivity index (χ2n) is 6.15. The molecule has 9 nitrogen and oxygen atoms in total. The van der Waals surface area contributed by atoms with Gasteiger partial charge in [-0.05, 0) is 12.1 Å². The van der Waals surface area contributed by atoms with E-state index in [1.807, 2.05) is 30.1 Å². The van der Waals surface area contributed by atoms with Gasteiger partial charge >= 0.3 is 12.1 Å². The number of carbonyl (C=O) groups is 2. The Bertz CT molecular complexity index is 841. The van der Waals surface area contributed by atoms with E-state index in [2.05, 4.69) is 15.3 Å². The van der Waals surface area contributed by atoms with Gasteiger partial charge in [-0.25, -0.2) is 4.79 Å². The predicted molar refractivity (Wildman–Crippen MR) is 92.7 cm³/mol.